The van der Waals surface area contributed by atoms with Crippen LogP contribution in [0, 0.1) is 5.92 Å². The van der Waals surface area contributed by atoms with Gasteiger partial charge in [0.2, 0.25) is 0 Å². The van der Waals surface area contributed by atoms with E-state index < -0.39 is 11.4 Å². The van der Waals surface area contributed by atoms with E-state index in [1.165, 1.54) is 5.56 Å². The Kier molecular flexibility index (Phi) is 3.27. The van der Waals surface area contributed by atoms with Gasteiger partial charge in [0.25, 0.3) is 0 Å². The molecule has 2 aromatic rings. The average Bonchev–Trinajstić information content (AvgIpc) is 3.21. The molecule has 3 nitrogen and oxygen atoms in total. The number of fused-ring (bicyclic) bond motifs is 2. The van der Waals surface area contributed by atoms with E-state index in [4.69, 9.17) is 4.74 Å². The standard InChI is InChI=1S/C21H20O3/c1-24-18-9-7-15(8-10-18)20-12-11-17(13-20)21(14-20,19(22)23)16-5-3-2-4-6-16/h2-12,17H,13-14H2,1H3,(H,22,23). The lowest BCUT2D eigenvalue weighted by molar-refractivity contribution is -0.145. The quantitative estimate of drug-likeness (QED) is 0.868. The van der Waals surface area contributed by atoms with Crippen molar-refractivity contribution < 1.29 is 14.6 Å². The van der Waals surface area contributed by atoms with Gasteiger partial charge >= 0.3 is 5.97 Å². The van der Waals surface area contributed by atoms with E-state index in [1.807, 2.05) is 42.5 Å². The number of methoxy groups -OCH3 is 1. The first-order valence-electron chi connectivity index (χ1n) is 8.24. The zero-order valence-corrected chi connectivity index (χ0v) is 13.6. The van der Waals surface area contributed by atoms with E-state index in [-0.39, 0.29) is 11.3 Å². The van der Waals surface area contributed by atoms with Gasteiger partial charge in [-0.15, -0.1) is 0 Å². The fourth-order valence-corrected chi connectivity index (χ4v) is 4.58. The number of hydrogen-bond acceptors (Lipinski definition) is 2. The molecule has 1 saturated carbocycles. The molecule has 0 radical (unpaired) electrons. The summed E-state index contributed by atoms with van der Waals surface area (Å²) in [5.41, 5.74) is 1.03. The van der Waals surface area contributed by atoms with Crippen molar-refractivity contribution in [2.45, 2.75) is 23.7 Å². The molecular weight excluding hydrogens is 300 g/mol. The van der Waals surface area contributed by atoms with Gasteiger partial charge in [0.15, 0.2) is 0 Å². The zero-order valence-electron chi connectivity index (χ0n) is 13.6. The minimum atomic E-state index is -0.837. The van der Waals surface area contributed by atoms with E-state index in [9.17, 15) is 9.90 Å². The molecule has 0 spiro atoms. The SMILES string of the molecule is COc1ccc(C23C=CC(C2)C(C(=O)O)(c2ccccc2)C3)cc1. The highest BCUT2D eigenvalue weighted by Crippen LogP contribution is 2.60. The number of aliphatic carboxylic acids is 1. The first-order valence-corrected chi connectivity index (χ1v) is 8.24. The molecule has 4 rings (SSSR count). The van der Waals surface area contributed by atoms with Crippen LogP contribution in [0.5, 0.6) is 5.75 Å². The molecule has 0 aromatic heterocycles. The Morgan fingerprint density at radius 3 is 2.42 bits per heavy atom. The normalized spacial score (nSPS) is 30.5. The molecule has 2 bridgehead atoms. The molecule has 3 unspecified atom stereocenters. The van der Waals surface area contributed by atoms with Gasteiger partial charge in [0.1, 0.15) is 11.2 Å². The minimum absolute atomic E-state index is 0.0273. The first kappa shape index (κ1) is 15.0. The maximum absolute atomic E-state index is 12.3. The van der Waals surface area contributed by atoms with Gasteiger partial charge in [-0.25, -0.2) is 0 Å². The smallest absolute Gasteiger partial charge is 0.314 e. The molecule has 3 heteroatoms. The summed E-state index contributed by atoms with van der Waals surface area (Å²) in [4.78, 5) is 12.3. The van der Waals surface area contributed by atoms with Crippen molar-refractivity contribution >= 4 is 5.97 Å². The maximum Gasteiger partial charge on any atom is 0.314 e. The summed E-state index contributed by atoms with van der Waals surface area (Å²) in [6, 6.07) is 17.7. The lowest BCUT2D eigenvalue weighted by atomic mass is 9.67. The van der Waals surface area contributed by atoms with E-state index in [1.54, 1.807) is 7.11 Å². The predicted molar refractivity (Wildman–Crippen MR) is 92.3 cm³/mol. The van der Waals surface area contributed by atoms with E-state index >= 15 is 0 Å². The number of rotatable bonds is 4. The molecule has 2 aliphatic rings. The second kappa shape index (κ2) is 5.23. The molecule has 0 amide bonds. The van der Waals surface area contributed by atoms with Gasteiger partial charge in [-0.1, -0.05) is 54.6 Å². The Balaban J connectivity index is 1.79. The highest BCUT2D eigenvalue weighted by atomic mass is 16.5. The first-order chi connectivity index (χ1) is 11.6. The molecular formula is C21H20O3. The van der Waals surface area contributed by atoms with Crippen molar-refractivity contribution in [2.75, 3.05) is 7.11 Å². The van der Waals surface area contributed by atoms with Crippen LogP contribution >= 0.6 is 0 Å². The summed E-state index contributed by atoms with van der Waals surface area (Å²) in [7, 11) is 1.65. The van der Waals surface area contributed by atoms with Crippen LogP contribution in [0.2, 0.25) is 0 Å². The lowest BCUT2D eigenvalue weighted by Crippen LogP contribution is -2.41. The van der Waals surface area contributed by atoms with Crippen molar-refractivity contribution in [2.24, 2.45) is 5.92 Å². The summed E-state index contributed by atoms with van der Waals surface area (Å²) in [5.74, 6) is 0.122. The summed E-state index contributed by atoms with van der Waals surface area (Å²) in [6.45, 7) is 0. The summed E-state index contributed by atoms with van der Waals surface area (Å²) >= 11 is 0. The number of allylic oxidation sites excluding steroid dienone is 2. The Morgan fingerprint density at radius 2 is 1.79 bits per heavy atom. The van der Waals surface area contributed by atoms with Crippen LogP contribution in [0.1, 0.15) is 24.0 Å². The Hall–Kier alpha value is -2.55. The van der Waals surface area contributed by atoms with Gasteiger partial charge in [-0.05, 0) is 42.0 Å². The third kappa shape index (κ3) is 1.94. The van der Waals surface area contributed by atoms with Crippen LogP contribution in [0.15, 0.2) is 66.7 Å². The van der Waals surface area contributed by atoms with Gasteiger partial charge in [0, 0.05) is 5.41 Å². The van der Waals surface area contributed by atoms with E-state index in [0.717, 1.165) is 17.7 Å². The largest absolute Gasteiger partial charge is 0.497 e. The second-order valence-electron chi connectivity index (χ2n) is 6.87. The molecule has 0 aliphatic heterocycles. The minimum Gasteiger partial charge on any atom is -0.497 e. The lowest BCUT2D eigenvalue weighted by Gasteiger charge is -2.35. The van der Waals surface area contributed by atoms with Crippen LogP contribution in [0.3, 0.4) is 0 Å². The van der Waals surface area contributed by atoms with E-state index in [2.05, 4.69) is 24.3 Å². The number of ether oxygens (including phenoxy) is 1. The molecule has 122 valence electrons. The zero-order chi connectivity index (χ0) is 16.8. The van der Waals surface area contributed by atoms with Gasteiger partial charge in [-0.2, -0.15) is 0 Å². The predicted octanol–water partition coefficient (Wildman–Crippen LogP) is 3.94. The average molecular weight is 320 g/mol. The molecule has 0 heterocycles. The molecule has 1 fully saturated rings. The fraction of sp³-hybridized carbons (Fsp3) is 0.286. The van der Waals surface area contributed by atoms with Gasteiger partial charge < -0.3 is 9.84 Å². The van der Waals surface area contributed by atoms with Crippen molar-refractivity contribution in [1.29, 1.82) is 0 Å². The molecule has 2 aromatic carbocycles. The highest BCUT2D eigenvalue weighted by molar-refractivity contribution is 5.84. The number of hydrogen-bond donors (Lipinski definition) is 1. The molecule has 0 saturated heterocycles. The third-order valence-electron chi connectivity index (χ3n) is 5.79. The van der Waals surface area contributed by atoms with Crippen molar-refractivity contribution in [3.63, 3.8) is 0 Å². The van der Waals surface area contributed by atoms with E-state index in [0.29, 0.717) is 6.42 Å². The Morgan fingerprint density at radius 1 is 1.08 bits per heavy atom. The van der Waals surface area contributed by atoms with Crippen LogP contribution in [-0.4, -0.2) is 18.2 Å². The van der Waals surface area contributed by atoms with Crippen molar-refractivity contribution in [3.8, 4) is 5.75 Å². The monoisotopic (exact) mass is 320 g/mol. The van der Waals surface area contributed by atoms with Gasteiger partial charge in [0.05, 0.1) is 7.11 Å². The Labute approximate surface area is 141 Å². The number of carboxylic acid groups (broad SMARTS) is 1. The number of carbonyl (C=O) groups is 1. The number of carboxylic acids is 1. The maximum atomic E-state index is 12.3. The third-order valence-corrected chi connectivity index (χ3v) is 5.79. The van der Waals surface area contributed by atoms with Crippen molar-refractivity contribution in [1.82, 2.24) is 0 Å². The summed E-state index contributed by atoms with van der Waals surface area (Å²) in [5, 5.41) is 10.1. The van der Waals surface area contributed by atoms with Crippen molar-refractivity contribution in [3.05, 3.63) is 77.9 Å². The van der Waals surface area contributed by atoms with Crippen LogP contribution < -0.4 is 4.74 Å². The molecule has 1 N–H and O–H groups in total. The second-order valence-corrected chi connectivity index (χ2v) is 6.87. The summed E-state index contributed by atoms with van der Waals surface area (Å²) < 4.78 is 5.25. The fourth-order valence-electron chi connectivity index (χ4n) is 4.58. The van der Waals surface area contributed by atoms with Crippen LogP contribution in [-0.2, 0) is 15.6 Å². The summed E-state index contributed by atoms with van der Waals surface area (Å²) in [6.07, 6.45) is 5.77. The van der Waals surface area contributed by atoms with Crippen LogP contribution in [0.25, 0.3) is 0 Å². The highest BCUT2D eigenvalue weighted by Gasteiger charge is 2.61. The number of benzene rings is 2. The van der Waals surface area contributed by atoms with Gasteiger partial charge in [-0.3, -0.25) is 4.79 Å². The molecule has 24 heavy (non-hydrogen) atoms. The van der Waals surface area contributed by atoms with Crippen LogP contribution in [0.4, 0.5) is 0 Å². The molecule has 2 aliphatic carbocycles. The topological polar surface area (TPSA) is 46.5 Å². The Bertz CT molecular complexity index is 794. The molecule has 3 atom stereocenters.